The predicted octanol–water partition coefficient (Wildman–Crippen LogP) is 13.1. The van der Waals surface area contributed by atoms with Crippen LogP contribution in [-0.4, -0.2) is 12.1 Å². The molecular weight excluding hydrogens is 548 g/mol. The summed E-state index contributed by atoms with van der Waals surface area (Å²) in [5.41, 5.74) is 2.45. The first-order valence-corrected chi connectivity index (χ1v) is 20.2. The second-order valence-electron chi connectivity index (χ2n) is 17.2. The number of hydrogen-bond donors (Lipinski definition) is 0. The molecule has 9 atom stereocenters. The molecule has 0 N–H and O–H groups in total. The molecule has 4 aliphatic rings. The maximum atomic E-state index is 12.8. The lowest BCUT2D eigenvalue weighted by Crippen LogP contribution is -2.51. The van der Waals surface area contributed by atoms with Gasteiger partial charge in [-0.1, -0.05) is 136 Å². The summed E-state index contributed by atoms with van der Waals surface area (Å²) in [5.74, 6) is 5.56. The minimum atomic E-state index is 0.0565. The average Bonchev–Trinajstić information content (AvgIpc) is 3.37. The molecule has 45 heavy (non-hydrogen) atoms. The molecule has 3 fully saturated rings. The van der Waals surface area contributed by atoms with Gasteiger partial charge in [-0.05, 0) is 110 Å². The van der Waals surface area contributed by atoms with E-state index in [0.29, 0.717) is 29.1 Å². The molecule has 0 bridgehead atoms. The van der Waals surface area contributed by atoms with Crippen LogP contribution in [0.2, 0.25) is 0 Å². The van der Waals surface area contributed by atoms with E-state index < -0.39 is 0 Å². The van der Waals surface area contributed by atoms with Gasteiger partial charge in [0.15, 0.2) is 0 Å². The highest BCUT2D eigenvalue weighted by molar-refractivity contribution is 5.69. The van der Waals surface area contributed by atoms with Crippen molar-refractivity contribution >= 4 is 5.97 Å². The third kappa shape index (κ3) is 9.10. The summed E-state index contributed by atoms with van der Waals surface area (Å²) >= 11 is 0. The molecule has 4 aliphatic carbocycles. The Balaban J connectivity index is 1.22. The lowest BCUT2D eigenvalue weighted by molar-refractivity contribution is -0.151. The van der Waals surface area contributed by atoms with Crippen molar-refractivity contribution in [3.8, 4) is 0 Å². The summed E-state index contributed by atoms with van der Waals surface area (Å²) in [6.45, 7) is 17.2. The van der Waals surface area contributed by atoms with E-state index >= 15 is 0 Å². The van der Waals surface area contributed by atoms with Gasteiger partial charge in [-0.3, -0.25) is 4.79 Å². The van der Waals surface area contributed by atoms with E-state index in [4.69, 9.17) is 4.74 Å². The van der Waals surface area contributed by atoms with Crippen molar-refractivity contribution in [2.45, 2.75) is 189 Å². The number of rotatable bonds is 18. The summed E-state index contributed by atoms with van der Waals surface area (Å²) in [4.78, 5) is 12.8. The molecule has 0 spiro atoms. The van der Waals surface area contributed by atoms with Gasteiger partial charge in [0.05, 0.1) is 0 Å². The van der Waals surface area contributed by atoms with E-state index in [0.717, 1.165) is 48.9 Å². The van der Waals surface area contributed by atoms with Crippen molar-refractivity contribution in [3.63, 3.8) is 0 Å². The summed E-state index contributed by atoms with van der Waals surface area (Å²) in [6, 6.07) is 0. The number of unbranched alkanes of at least 4 members (excludes halogenated alkanes) is 10. The number of carbonyl (C=O) groups excluding carboxylic acids is 1. The Morgan fingerprint density at radius 1 is 0.844 bits per heavy atom. The Morgan fingerprint density at radius 2 is 1.51 bits per heavy atom. The zero-order chi connectivity index (χ0) is 32.5. The van der Waals surface area contributed by atoms with Gasteiger partial charge < -0.3 is 4.74 Å². The number of allylic oxidation sites excluding steroid dienone is 3. The van der Waals surface area contributed by atoms with E-state index in [1.807, 2.05) is 0 Å². The zero-order valence-electron chi connectivity index (χ0n) is 31.0. The molecular formula is C43H74O2. The highest BCUT2D eigenvalue weighted by Gasteiger charge is 2.59. The Hall–Kier alpha value is -1.05. The van der Waals surface area contributed by atoms with Crippen molar-refractivity contribution in [1.82, 2.24) is 0 Å². The minimum absolute atomic E-state index is 0.0565. The van der Waals surface area contributed by atoms with E-state index in [1.54, 1.807) is 5.57 Å². The van der Waals surface area contributed by atoms with Crippen LogP contribution >= 0.6 is 0 Å². The van der Waals surface area contributed by atoms with Gasteiger partial charge in [-0.25, -0.2) is 0 Å². The van der Waals surface area contributed by atoms with Crippen LogP contribution in [0, 0.1) is 52.3 Å². The van der Waals surface area contributed by atoms with Crippen LogP contribution in [0.15, 0.2) is 23.8 Å². The second kappa shape index (κ2) is 17.4. The fraction of sp³-hybridized carbons (Fsp3) is 0.884. The van der Waals surface area contributed by atoms with E-state index in [1.165, 1.54) is 109 Å². The van der Waals surface area contributed by atoms with E-state index in [-0.39, 0.29) is 12.1 Å². The van der Waals surface area contributed by atoms with Crippen LogP contribution in [0.1, 0.15) is 183 Å². The molecule has 0 radical (unpaired) electrons. The Labute approximate surface area is 280 Å². The van der Waals surface area contributed by atoms with Gasteiger partial charge in [0.1, 0.15) is 6.10 Å². The monoisotopic (exact) mass is 623 g/mol. The second-order valence-corrected chi connectivity index (χ2v) is 17.2. The summed E-state index contributed by atoms with van der Waals surface area (Å²) in [5, 5.41) is 0. The molecule has 0 aliphatic heterocycles. The van der Waals surface area contributed by atoms with Gasteiger partial charge in [0.2, 0.25) is 0 Å². The lowest BCUT2D eigenvalue weighted by atomic mass is 9.47. The molecule has 2 nitrogen and oxygen atoms in total. The highest BCUT2D eigenvalue weighted by atomic mass is 16.5. The van der Waals surface area contributed by atoms with Crippen molar-refractivity contribution in [3.05, 3.63) is 23.8 Å². The van der Waals surface area contributed by atoms with Crippen molar-refractivity contribution < 1.29 is 9.53 Å². The number of esters is 1. The molecule has 0 aromatic heterocycles. The van der Waals surface area contributed by atoms with Gasteiger partial charge in [0, 0.05) is 12.8 Å². The van der Waals surface area contributed by atoms with E-state index in [9.17, 15) is 4.79 Å². The van der Waals surface area contributed by atoms with Crippen molar-refractivity contribution in [2.75, 3.05) is 0 Å². The Morgan fingerprint density at radius 3 is 2.16 bits per heavy atom. The molecule has 0 amide bonds. The van der Waals surface area contributed by atoms with Crippen LogP contribution in [0.25, 0.3) is 0 Å². The highest BCUT2D eigenvalue weighted by Crippen LogP contribution is 2.67. The minimum Gasteiger partial charge on any atom is -0.462 e. The van der Waals surface area contributed by atoms with Crippen molar-refractivity contribution in [1.29, 1.82) is 0 Å². The molecule has 0 unspecified atom stereocenters. The van der Waals surface area contributed by atoms with Crippen LogP contribution in [0.5, 0.6) is 0 Å². The normalized spacial score (nSPS) is 34.2. The SMILES string of the molecule is CCCCCCCCCCCCCC(=O)O[C@H]1CC[C@@]2(C)C(=CC[C@H]3[C@@H]4CC[C@H]([C@H](C)/C=C/[C@@H](CC)C(C)C)[C@@]4(C)CC[C@@H]32)C1. The summed E-state index contributed by atoms with van der Waals surface area (Å²) < 4.78 is 6.12. The fourth-order valence-electron chi connectivity index (χ4n) is 11.1. The maximum absolute atomic E-state index is 12.8. The molecule has 3 saturated carbocycles. The standard InChI is InChI=1S/C43H74O2/c1-8-10-11-12-13-14-15-16-17-18-19-20-41(44)45-36-27-29-42(6)35(31-36)23-24-37-39-26-25-38(43(39,7)30-28-40(37)42)33(5)21-22-34(9-2)32(3)4/h21-23,32-34,36-40H,8-20,24-31H2,1-7H3/b22-21+/t33-,34-,36+,37+,38-,39+,40+,42+,43-/m1/s1. The third-order valence-corrected chi connectivity index (χ3v) is 14.0. The quantitative estimate of drug-likeness (QED) is 0.0863. The molecule has 0 aromatic carbocycles. The van der Waals surface area contributed by atoms with Gasteiger partial charge >= 0.3 is 5.97 Å². The van der Waals surface area contributed by atoms with Crippen LogP contribution in [0.3, 0.4) is 0 Å². The first-order chi connectivity index (χ1) is 21.6. The smallest absolute Gasteiger partial charge is 0.306 e. The summed E-state index contributed by atoms with van der Waals surface area (Å²) in [7, 11) is 0. The fourth-order valence-corrected chi connectivity index (χ4v) is 11.1. The van der Waals surface area contributed by atoms with Gasteiger partial charge in [-0.15, -0.1) is 0 Å². The number of hydrogen-bond acceptors (Lipinski definition) is 2. The Kier molecular flexibility index (Phi) is 14.2. The Bertz CT molecular complexity index is 961. The molecule has 0 heterocycles. The van der Waals surface area contributed by atoms with Gasteiger partial charge in [-0.2, -0.15) is 0 Å². The lowest BCUT2D eigenvalue weighted by Gasteiger charge is -2.58. The largest absolute Gasteiger partial charge is 0.462 e. The summed E-state index contributed by atoms with van der Waals surface area (Å²) in [6.07, 6.45) is 34.4. The van der Waals surface area contributed by atoms with E-state index in [2.05, 4.69) is 66.7 Å². The number of carbonyl (C=O) groups is 1. The predicted molar refractivity (Wildman–Crippen MR) is 193 cm³/mol. The molecule has 2 heteroatoms. The van der Waals surface area contributed by atoms with Crippen LogP contribution < -0.4 is 0 Å². The average molecular weight is 623 g/mol. The zero-order valence-corrected chi connectivity index (χ0v) is 31.0. The number of ether oxygens (including phenoxy) is 1. The first-order valence-electron chi connectivity index (χ1n) is 20.2. The maximum Gasteiger partial charge on any atom is 0.306 e. The van der Waals surface area contributed by atoms with Crippen LogP contribution in [0.4, 0.5) is 0 Å². The topological polar surface area (TPSA) is 26.3 Å². The number of fused-ring (bicyclic) bond motifs is 5. The third-order valence-electron chi connectivity index (χ3n) is 14.0. The van der Waals surface area contributed by atoms with Crippen LogP contribution in [-0.2, 0) is 9.53 Å². The molecule has 0 aromatic rings. The molecule has 4 rings (SSSR count). The van der Waals surface area contributed by atoms with Crippen molar-refractivity contribution in [2.24, 2.45) is 52.3 Å². The molecule has 258 valence electrons. The first kappa shape index (κ1) is 36.8. The molecule has 0 saturated heterocycles. The van der Waals surface area contributed by atoms with Gasteiger partial charge in [0.25, 0.3) is 0 Å².